The number of hydrogen-bond donors (Lipinski definition) is 0. The molecule has 6 aliphatic carbocycles. The van der Waals surface area contributed by atoms with Crippen LogP contribution in [0.2, 0.25) is 0 Å². The van der Waals surface area contributed by atoms with Crippen molar-refractivity contribution in [2.45, 2.75) is 84.3 Å². The molecule has 0 heterocycles. The molecule has 4 fully saturated rings. The summed E-state index contributed by atoms with van der Waals surface area (Å²) in [6.07, 6.45) is 5.47. The number of benzene rings is 4. The second-order valence-corrected chi connectivity index (χ2v) is 18.6. The summed E-state index contributed by atoms with van der Waals surface area (Å²) in [5, 5.41) is 0. The smallest absolute Gasteiger partial charge is 0.338 e. The van der Waals surface area contributed by atoms with E-state index in [2.05, 4.69) is 13.8 Å². The molecule has 7 unspecified atom stereocenters. The summed E-state index contributed by atoms with van der Waals surface area (Å²) in [5.74, 6) is -1.32. The predicted octanol–water partition coefficient (Wildman–Crippen LogP) is 8.85. The van der Waals surface area contributed by atoms with E-state index >= 15 is 0 Å². The molecule has 0 aromatic heterocycles. The number of rotatable bonds is 5. The molecule has 9 atom stereocenters. The monoisotopic (exact) mass is 802 g/mol. The van der Waals surface area contributed by atoms with Crippen molar-refractivity contribution in [1.82, 2.24) is 0 Å². The van der Waals surface area contributed by atoms with Gasteiger partial charge in [-0.25, -0.2) is 9.59 Å². The molecule has 4 aromatic rings. The van der Waals surface area contributed by atoms with Gasteiger partial charge in [0.1, 0.15) is 18.0 Å². The van der Waals surface area contributed by atoms with Gasteiger partial charge in [0, 0.05) is 55.8 Å². The van der Waals surface area contributed by atoms with E-state index in [4.69, 9.17) is 9.47 Å². The molecular formula is C51H46O9. The topological polar surface area (TPSA) is 138 Å². The van der Waals surface area contributed by atoms with Crippen LogP contribution in [0.15, 0.2) is 84.9 Å². The Labute approximate surface area is 348 Å². The molecule has 9 nitrogen and oxygen atoms in total. The highest BCUT2D eigenvalue weighted by molar-refractivity contribution is 6.29. The molecule has 6 aliphatic rings. The van der Waals surface area contributed by atoms with Crippen LogP contribution in [0, 0.1) is 40.4 Å². The van der Waals surface area contributed by atoms with Crippen LogP contribution in [0.3, 0.4) is 0 Å². The molecule has 0 bridgehead atoms. The SMILES string of the molecule is CC(=O)C1CCC2C3CC[C@@H]4C[C@H](OC(=O)c5ccc6c(c5)C(=O)c5ccccc5C6=O)CCC4(C)C3CC(OC(=O)c3ccc4c(c3)C(=O)c3ccccc3C4=O)C12C. The lowest BCUT2D eigenvalue weighted by Gasteiger charge is -2.62. The van der Waals surface area contributed by atoms with Crippen molar-refractivity contribution in [2.24, 2.45) is 40.4 Å². The van der Waals surface area contributed by atoms with Crippen molar-refractivity contribution >= 4 is 40.9 Å². The average molecular weight is 803 g/mol. The first kappa shape index (κ1) is 38.4. The third-order valence-electron chi connectivity index (χ3n) is 16.0. The molecular weight excluding hydrogens is 757 g/mol. The van der Waals surface area contributed by atoms with Gasteiger partial charge in [0.15, 0.2) is 23.1 Å². The lowest BCUT2D eigenvalue weighted by molar-refractivity contribution is -0.175. The number of esters is 2. The van der Waals surface area contributed by atoms with Crippen molar-refractivity contribution in [3.05, 3.63) is 141 Å². The third kappa shape index (κ3) is 5.60. The predicted molar refractivity (Wildman–Crippen MR) is 219 cm³/mol. The van der Waals surface area contributed by atoms with Gasteiger partial charge in [-0.1, -0.05) is 62.4 Å². The molecule has 0 radical (unpaired) electrons. The summed E-state index contributed by atoms with van der Waals surface area (Å²) in [5.41, 5.74) is 2.06. The van der Waals surface area contributed by atoms with E-state index in [0.29, 0.717) is 47.4 Å². The summed E-state index contributed by atoms with van der Waals surface area (Å²) in [4.78, 5) is 94.5. The number of carbonyl (C=O) groups is 7. The van der Waals surface area contributed by atoms with Gasteiger partial charge in [-0.2, -0.15) is 0 Å². The fourth-order valence-electron chi connectivity index (χ4n) is 13.0. The maximum Gasteiger partial charge on any atom is 0.338 e. The largest absolute Gasteiger partial charge is 0.459 e. The Kier molecular flexibility index (Phi) is 8.87. The maximum atomic E-state index is 14.2. The van der Waals surface area contributed by atoms with Gasteiger partial charge in [0.25, 0.3) is 0 Å². The van der Waals surface area contributed by atoms with Gasteiger partial charge in [-0.15, -0.1) is 0 Å². The summed E-state index contributed by atoms with van der Waals surface area (Å²) in [6, 6.07) is 22.6. The molecule has 0 N–H and O–H groups in total. The minimum Gasteiger partial charge on any atom is -0.459 e. The fourth-order valence-corrected chi connectivity index (χ4v) is 13.0. The second kappa shape index (κ2) is 13.9. The summed E-state index contributed by atoms with van der Waals surface area (Å²) in [7, 11) is 0. The Hall–Kier alpha value is -5.83. The van der Waals surface area contributed by atoms with E-state index in [1.54, 1.807) is 79.7 Å². The van der Waals surface area contributed by atoms with Crippen LogP contribution in [-0.4, -0.2) is 53.1 Å². The van der Waals surface area contributed by atoms with Crippen molar-refractivity contribution in [3.63, 3.8) is 0 Å². The highest BCUT2D eigenvalue weighted by atomic mass is 16.5. The molecule has 0 aliphatic heterocycles. The van der Waals surface area contributed by atoms with E-state index in [9.17, 15) is 33.6 Å². The molecule has 4 aromatic carbocycles. The van der Waals surface area contributed by atoms with E-state index in [-0.39, 0.29) is 97.5 Å². The van der Waals surface area contributed by atoms with Crippen LogP contribution >= 0.6 is 0 Å². The van der Waals surface area contributed by atoms with E-state index in [1.807, 2.05) is 0 Å². The Balaban J connectivity index is 0.881. The Morgan fingerprint density at radius 1 is 0.550 bits per heavy atom. The molecule has 9 heteroatoms. The summed E-state index contributed by atoms with van der Waals surface area (Å²) >= 11 is 0. The summed E-state index contributed by atoms with van der Waals surface area (Å²) < 4.78 is 12.7. The normalized spacial score (nSPS) is 31.0. The van der Waals surface area contributed by atoms with Gasteiger partial charge in [0.05, 0.1) is 11.1 Å². The number of carbonyl (C=O) groups excluding carboxylic acids is 7. The van der Waals surface area contributed by atoms with E-state index in [1.165, 1.54) is 12.1 Å². The quantitative estimate of drug-likeness (QED) is 0.157. The molecule has 0 saturated heterocycles. The first-order chi connectivity index (χ1) is 28.8. The van der Waals surface area contributed by atoms with Gasteiger partial charge >= 0.3 is 11.9 Å². The number of Topliss-reactive ketones (excluding diaryl/α,β-unsaturated/α-hetero) is 1. The van der Waals surface area contributed by atoms with Gasteiger partial charge in [0.2, 0.25) is 0 Å². The molecule has 60 heavy (non-hydrogen) atoms. The van der Waals surface area contributed by atoms with Crippen molar-refractivity contribution in [2.75, 3.05) is 0 Å². The zero-order chi connectivity index (χ0) is 41.8. The Morgan fingerprint density at radius 2 is 1.05 bits per heavy atom. The molecule has 10 rings (SSSR count). The number of ether oxygens (including phenoxy) is 2. The van der Waals surface area contributed by atoms with Crippen LogP contribution in [-0.2, 0) is 14.3 Å². The van der Waals surface area contributed by atoms with Crippen LogP contribution in [0.1, 0.15) is 157 Å². The van der Waals surface area contributed by atoms with Crippen LogP contribution in [0.4, 0.5) is 0 Å². The standard InChI is InChI=1S/C51H46O9/c1-26(52)40-18-19-41-37-17-14-29-24-30(59-48(57)27-12-15-35-38(22-27)46(55)33-10-6-4-8-31(33)44(35)53)20-21-50(29,2)42(37)25-43(51(40,41)3)60-49(58)28-13-16-36-39(23-28)47(56)34-11-7-5-9-32(34)45(36)54/h4-13,15-16,22-23,29-30,37,40-43H,14,17-21,24-25H2,1-3H3/t29-,30-,37?,40?,41?,42?,43?,50?,51?/m1/s1. The van der Waals surface area contributed by atoms with E-state index < -0.39 is 23.5 Å². The lowest BCUT2D eigenvalue weighted by Crippen LogP contribution is -2.59. The van der Waals surface area contributed by atoms with Crippen LogP contribution in [0.5, 0.6) is 0 Å². The number of ketones is 5. The van der Waals surface area contributed by atoms with Crippen LogP contribution < -0.4 is 0 Å². The van der Waals surface area contributed by atoms with Crippen molar-refractivity contribution < 1.29 is 43.0 Å². The van der Waals surface area contributed by atoms with Crippen molar-refractivity contribution in [1.29, 1.82) is 0 Å². The van der Waals surface area contributed by atoms with Crippen LogP contribution in [0.25, 0.3) is 0 Å². The third-order valence-corrected chi connectivity index (χ3v) is 16.0. The zero-order valence-corrected chi connectivity index (χ0v) is 34.0. The van der Waals surface area contributed by atoms with Gasteiger partial charge in [-0.05, 0) is 124 Å². The number of fused-ring (bicyclic) bond motifs is 9. The molecule has 0 spiro atoms. The lowest BCUT2D eigenvalue weighted by atomic mass is 9.44. The second-order valence-electron chi connectivity index (χ2n) is 18.6. The highest BCUT2D eigenvalue weighted by Gasteiger charge is 2.65. The van der Waals surface area contributed by atoms with Gasteiger partial charge in [-0.3, -0.25) is 24.0 Å². The van der Waals surface area contributed by atoms with E-state index in [0.717, 1.165) is 32.1 Å². The number of hydrogen-bond acceptors (Lipinski definition) is 9. The summed E-state index contributed by atoms with van der Waals surface area (Å²) in [6.45, 7) is 6.14. The molecule has 0 amide bonds. The zero-order valence-electron chi connectivity index (χ0n) is 34.0. The fraction of sp³-hybridized carbons (Fsp3) is 0.392. The van der Waals surface area contributed by atoms with Gasteiger partial charge < -0.3 is 9.47 Å². The Morgan fingerprint density at radius 3 is 1.58 bits per heavy atom. The minimum absolute atomic E-state index is 0.109. The Bertz CT molecular complexity index is 2600. The first-order valence-corrected chi connectivity index (χ1v) is 21.4. The average Bonchev–Trinajstić information content (AvgIpc) is 3.63. The minimum atomic E-state index is -0.569. The first-order valence-electron chi connectivity index (χ1n) is 21.4. The molecule has 304 valence electrons. The van der Waals surface area contributed by atoms with Crippen molar-refractivity contribution in [3.8, 4) is 0 Å². The highest BCUT2D eigenvalue weighted by Crippen LogP contribution is 2.68. The molecule has 4 saturated carbocycles. The maximum absolute atomic E-state index is 14.2.